The van der Waals surface area contributed by atoms with Crippen molar-refractivity contribution < 1.29 is 9.59 Å². The van der Waals surface area contributed by atoms with Gasteiger partial charge >= 0.3 is 0 Å². The van der Waals surface area contributed by atoms with E-state index in [-0.39, 0.29) is 12.3 Å². The summed E-state index contributed by atoms with van der Waals surface area (Å²) in [4.78, 5) is 29.0. The van der Waals surface area contributed by atoms with Gasteiger partial charge in [-0.1, -0.05) is 36.4 Å². The molecule has 0 saturated heterocycles. The minimum Gasteiger partial charge on any atom is -0.370 e. The van der Waals surface area contributed by atoms with E-state index in [1.54, 1.807) is 29.4 Å². The molecule has 0 saturated carbocycles. The largest absolute Gasteiger partial charge is 0.370 e. The molecule has 2 amide bonds. The van der Waals surface area contributed by atoms with Crippen molar-refractivity contribution in [2.45, 2.75) is 13.0 Å². The first kappa shape index (κ1) is 16.4. The van der Waals surface area contributed by atoms with Crippen molar-refractivity contribution in [1.29, 1.82) is 0 Å². The molecule has 0 aliphatic carbocycles. The molecule has 5 heteroatoms. The van der Waals surface area contributed by atoms with Gasteiger partial charge in [0.2, 0.25) is 11.8 Å². The van der Waals surface area contributed by atoms with Crippen LogP contribution >= 0.6 is 0 Å². The second kappa shape index (κ2) is 8.48. The third-order valence-electron chi connectivity index (χ3n) is 3.26. The number of pyridine rings is 1. The molecule has 118 valence electrons. The smallest absolute Gasteiger partial charge is 0.246 e. The minimum atomic E-state index is -0.424. The molecule has 0 bridgehead atoms. The van der Waals surface area contributed by atoms with Crippen molar-refractivity contribution in [3.8, 4) is 0 Å². The zero-order chi connectivity index (χ0) is 16.5. The maximum Gasteiger partial charge on any atom is 0.246 e. The quantitative estimate of drug-likeness (QED) is 0.795. The SMILES string of the molecule is NC(=O)CCN(Cc1ccccc1)C(=O)C=Cc1cccnc1. The molecule has 0 aliphatic heterocycles. The molecular weight excluding hydrogens is 290 g/mol. The molecule has 1 heterocycles. The number of rotatable bonds is 7. The van der Waals surface area contributed by atoms with Crippen LogP contribution in [0.25, 0.3) is 6.08 Å². The third-order valence-corrected chi connectivity index (χ3v) is 3.26. The first-order chi connectivity index (χ1) is 11.1. The number of carbonyl (C=O) groups excluding carboxylic acids is 2. The van der Waals surface area contributed by atoms with Gasteiger partial charge < -0.3 is 10.6 Å². The van der Waals surface area contributed by atoms with Crippen molar-refractivity contribution in [3.63, 3.8) is 0 Å². The van der Waals surface area contributed by atoms with Gasteiger partial charge in [-0.25, -0.2) is 0 Å². The molecule has 0 unspecified atom stereocenters. The predicted octanol–water partition coefficient (Wildman–Crippen LogP) is 2.00. The van der Waals surface area contributed by atoms with Crippen LogP contribution in [0, 0.1) is 0 Å². The van der Waals surface area contributed by atoms with Crippen LogP contribution in [0.3, 0.4) is 0 Å². The van der Waals surface area contributed by atoms with Gasteiger partial charge in [-0.15, -0.1) is 0 Å². The first-order valence-electron chi connectivity index (χ1n) is 7.34. The highest BCUT2D eigenvalue weighted by Crippen LogP contribution is 2.07. The second-order valence-electron chi connectivity index (χ2n) is 5.08. The van der Waals surface area contributed by atoms with Crippen LogP contribution in [-0.4, -0.2) is 28.2 Å². The van der Waals surface area contributed by atoms with Gasteiger partial charge in [-0.05, 0) is 23.3 Å². The van der Waals surface area contributed by atoms with E-state index in [0.29, 0.717) is 13.1 Å². The summed E-state index contributed by atoms with van der Waals surface area (Å²) in [7, 11) is 0. The Morgan fingerprint density at radius 3 is 2.57 bits per heavy atom. The summed E-state index contributed by atoms with van der Waals surface area (Å²) < 4.78 is 0. The standard InChI is InChI=1S/C18H19N3O2/c19-17(22)10-12-21(14-16-5-2-1-3-6-16)18(23)9-8-15-7-4-11-20-13-15/h1-9,11,13H,10,12,14H2,(H2,19,22). The molecule has 0 spiro atoms. The van der Waals surface area contributed by atoms with Crippen LogP contribution in [0.2, 0.25) is 0 Å². The Bertz CT molecular complexity index is 669. The normalized spacial score (nSPS) is 10.6. The molecule has 2 rings (SSSR count). The van der Waals surface area contributed by atoms with Crippen molar-refractivity contribution >= 4 is 17.9 Å². The van der Waals surface area contributed by atoms with E-state index in [2.05, 4.69) is 4.98 Å². The Hall–Kier alpha value is -2.95. The minimum absolute atomic E-state index is 0.138. The van der Waals surface area contributed by atoms with E-state index in [0.717, 1.165) is 11.1 Å². The number of hydrogen-bond acceptors (Lipinski definition) is 3. The summed E-state index contributed by atoms with van der Waals surface area (Å²) in [6, 6.07) is 13.3. The van der Waals surface area contributed by atoms with Gasteiger partial charge in [-0.3, -0.25) is 14.6 Å². The van der Waals surface area contributed by atoms with Crippen LogP contribution in [0.4, 0.5) is 0 Å². The van der Waals surface area contributed by atoms with Crippen molar-refractivity contribution in [3.05, 3.63) is 72.1 Å². The summed E-state index contributed by atoms with van der Waals surface area (Å²) in [5.41, 5.74) is 7.04. The average molecular weight is 309 g/mol. The average Bonchev–Trinajstić information content (AvgIpc) is 2.58. The maximum atomic E-state index is 12.4. The Morgan fingerprint density at radius 2 is 1.91 bits per heavy atom. The van der Waals surface area contributed by atoms with E-state index in [4.69, 9.17) is 5.73 Å². The molecule has 0 atom stereocenters. The fraction of sp³-hybridized carbons (Fsp3) is 0.167. The third kappa shape index (κ3) is 5.74. The van der Waals surface area contributed by atoms with Gasteiger partial charge in [0.25, 0.3) is 0 Å². The molecule has 5 nitrogen and oxygen atoms in total. The van der Waals surface area contributed by atoms with Crippen LogP contribution in [0.5, 0.6) is 0 Å². The fourth-order valence-corrected chi connectivity index (χ4v) is 2.06. The Balaban J connectivity index is 2.07. The molecule has 2 N–H and O–H groups in total. The molecule has 23 heavy (non-hydrogen) atoms. The molecule has 0 fully saturated rings. The van der Waals surface area contributed by atoms with Crippen LogP contribution < -0.4 is 5.73 Å². The highest BCUT2D eigenvalue weighted by atomic mass is 16.2. The fourth-order valence-electron chi connectivity index (χ4n) is 2.06. The maximum absolute atomic E-state index is 12.4. The molecule has 0 aliphatic rings. The number of benzene rings is 1. The summed E-state index contributed by atoms with van der Waals surface area (Å²) in [6.45, 7) is 0.727. The number of hydrogen-bond donors (Lipinski definition) is 1. The molecular formula is C18H19N3O2. The van der Waals surface area contributed by atoms with Crippen molar-refractivity contribution in [2.24, 2.45) is 5.73 Å². The summed E-state index contributed by atoms with van der Waals surface area (Å²) >= 11 is 0. The molecule has 1 aromatic carbocycles. The Morgan fingerprint density at radius 1 is 1.13 bits per heavy atom. The van der Waals surface area contributed by atoms with Crippen LogP contribution in [0.15, 0.2) is 60.9 Å². The highest BCUT2D eigenvalue weighted by Gasteiger charge is 2.12. The van der Waals surface area contributed by atoms with E-state index in [9.17, 15) is 9.59 Å². The van der Waals surface area contributed by atoms with Gasteiger partial charge in [0.05, 0.1) is 0 Å². The number of nitrogens with zero attached hydrogens (tertiary/aromatic N) is 2. The van der Waals surface area contributed by atoms with E-state index < -0.39 is 5.91 Å². The first-order valence-corrected chi connectivity index (χ1v) is 7.34. The Kier molecular flexibility index (Phi) is 6.06. The van der Waals surface area contributed by atoms with Gasteiger partial charge in [0.15, 0.2) is 0 Å². The van der Waals surface area contributed by atoms with Crippen molar-refractivity contribution in [2.75, 3.05) is 6.54 Å². The molecule has 2 aromatic rings. The lowest BCUT2D eigenvalue weighted by molar-refractivity contribution is -0.127. The number of amides is 2. The van der Waals surface area contributed by atoms with E-state index >= 15 is 0 Å². The number of primary amides is 1. The summed E-state index contributed by atoms with van der Waals surface area (Å²) in [5.74, 6) is -0.592. The van der Waals surface area contributed by atoms with Gasteiger partial charge in [0, 0.05) is 38.0 Å². The summed E-state index contributed by atoms with van der Waals surface area (Å²) in [5, 5.41) is 0. The van der Waals surface area contributed by atoms with Gasteiger partial charge in [0.1, 0.15) is 0 Å². The summed E-state index contributed by atoms with van der Waals surface area (Å²) in [6.07, 6.45) is 6.68. The number of carbonyl (C=O) groups is 2. The lowest BCUT2D eigenvalue weighted by Crippen LogP contribution is -2.32. The zero-order valence-electron chi connectivity index (χ0n) is 12.8. The van der Waals surface area contributed by atoms with Gasteiger partial charge in [-0.2, -0.15) is 0 Å². The monoisotopic (exact) mass is 309 g/mol. The van der Waals surface area contributed by atoms with Crippen LogP contribution in [0.1, 0.15) is 17.5 Å². The highest BCUT2D eigenvalue weighted by molar-refractivity contribution is 5.92. The second-order valence-corrected chi connectivity index (χ2v) is 5.08. The number of aromatic nitrogens is 1. The number of nitrogens with two attached hydrogens (primary N) is 1. The topological polar surface area (TPSA) is 76.3 Å². The van der Waals surface area contributed by atoms with E-state index in [1.807, 2.05) is 36.4 Å². The van der Waals surface area contributed by atoms with Crippen molar-refractivity contribution in [1.82, 2.24) is 9.88 Å². The Labute approximate surface area is 135 Å². The zero-order valence-corrected chi connectivity index (χ0v) is 12.8. The lowest BCUT2D eigenvalue weighted by Gasteiger charge is -2.20. The lowest BCUT2D eigenvalue weighted by atomic mass is 10.2. The predicted molar refractivity (Wildman–Crippen MR) is 88.9 cm³/mol. The van der Waals surface area contributed by atoms with Crippen LogP contribution in [-0.2, 0) is 16.1 Å². The van der Waals surface area contributed by atoms with E-state index in [1.165, 1.54) is 6.08 Å². The molecule has 0 radical (unpaired) electrons. The molecule has 1 aromatic heterocycles.